The fraction of sp³-hybridized carbons (Fsp3) is 0.467. The second-order valence-electron chi connectivity index (χ2n) is 4.59. The highest BCUT2D eigenvalue weighted by atomic mass is 19.1. The van der Waals surface area contributed by atoms with E-state index in [4.69, 9.17) is 9.84 Å². The molecule has 0 bridgehead atoms. The van der Waals surface area contributed by atoms with Crippen molar-refractivity contribution in [2.45, 2.75) is 26.2 Å². The maximum atomic E-state index is 13.5. The van der Waals surface area contributed by atoms with E-state index in [-0.39, 0.29) is 31.0 Å². The lowest BCUT2D eigenvalue weighted by molar-refractivity contribution is -0.138. The SMILES string of the molecule is CCN(CCC(=O)O)C(=O)CCc1ccc(OC)c(F)c1. The lowest BCUT2D eigenvalue weighted by Gasteiger charge is -2.20. The Kier molecular flexibility index (Phi) is 6.65. The van der Waals surface area contributed by atoms with E-state index in [2.05, 4.69) is 0 Å². The molecule has 1 amide bonds. The van der Waals surface area contributed by atoms with Gasteiger partial charge >= 0.3 is 5.97 Å². The number of nitrogens with zero attached hydrogens (tertiary/aromatic N) is 1. The van der Waals surface area contributed by atoms with E-state index in [0.717, 1.165) is 0 Å². The molecule has 0 radical (unpaired) electrons. The molecule has 0 saturated carbocycles. The first-order valence-electron chi connectivity index (χ1n) is 6.80. The molecule has 6 heteroatoms. The lowest BCUT2D eigenvalue weighted by atomic mass is 10.1. The molecule has 21 heavy (non-hydrogen) atoms. The third kappa shape index (κ3) is 5.41. The average Bonchev–Trinajstić information content (AvgIpc) is 2.45. The van der Waals surface area contributed by atoms with Gasteiger partial charge in [0.15, 0.2) is 11.6 Å². The van der Waals surface area contributed by atoms with Crippen molar-refractivity contribution in [2.24, 2.45) is 0 Å². The van der Waals surface area contributed by atoms with Gasteiger partial charge in [-0.05, 0) is 31.0 Å². The Morgan fingerprint density at radius 1 is 1.33 bits per heavy atom. The van der Waals surface area contributed by atoms with E-state index in [1.807, 2.05) is 0 Å². The first-order chi connectivity index (χ1) is 9.97. The van der Waals surface area contributed by atoms with Gasteiger partial charge in [0.25, 0.3) is 0 Å². The number of hydrogen-bond acceptors (Lipinski definition) is 3. The molecule has 0 unspecified atom stereocenters. The van der Waals surface area contributed by atoms with E-state index in [1.54, 1.807) is 13.0 Å². The van der Waals surface area contributed by atoms with Gasteiger partial charge in [0, 0.05) is 19.5 Å². The van der Waals surface area contributed by atoms with Gasteiger partial charge in [-0.2, -0.15) is 0 Å². The van der Waals surface area contributed by atoms with Gasteiger partial charge in [-0.3, -0.25) is 9.59 Å². The molecule has 1 aromatic carbocycles. The first-order valence-corrected chi connectivity index (χ1v) is 6.80. The van der Waals surface area contributed by atoms with Gasteiger partial charge in [0.05, 0.1) is 13.5 Å². The Labute approximate surface area is 123 Å². The molecular formula is C15H20FNO4. The number of carboxylic acids is 1. The molecule has 0 spiro atoms. The van der Waals surface area contributed by atoms with Crippen LogP contribution < -0.4 is 4.74 Å². The fourth-order valence-electron chi connectivity index (χ4n) is 1.96. The Morgan fingerprint density at radius 3 is 2.57 bits per heavy atom. The van der Waals surface area contributed by atoms with Gasteiger partial charge in [-0.25, -0.2) is 4.39 Å². The lowest BCUT2D eigenvalue weighted by Crippen LogP contribution is -2.32. The Bertz CT molecular complexity index is 504. The molecule has 5 nitrogen and oxygen atoms in total. The van der Waals surface area contributed by atoms with Crippen LogP contribution in [0.3, 0.4) is 0 Å². The number of hydrogen-bond donors (Lipinski definition) is 1. The largest absolute Gasteiger partial charge is 0.494 e. The number of ether oxygens (including phenoxy) is 1. The van der Waals surface area contributed by atoms with Crippen molar-refractivity contribution in [1.29, 1.82) is 0 Å². The quantitative estimate of drug-likeness (QED) is 0.798. The molecule has 116 valence electrons. The Hall–Kier alpha value is -2.11. The highest BCUT2D eigenvalue weighted by molar-refractivity contribution is 5.77. The van der Waals surface area contributed by atoms with E-state index < -0.39 is 11.8 Å². The number of carbonyl (C=O) groups excluding carboxylic acids is 1. The zero-order valence-corrected chi connectivity index (χ0v) is 12.3. The summed E-state index contributed by atoms with van der Waals surface area (Å²) in [6.45, 7) is 2.46. The predicted octanol–water partition coefficient (Wildman–Crippen LogP) is 2.09. The number of aliphatic carboxylic acids is 1. The van der Waals surface area contributed by atoms with Crippen LogP contribution in [0.25, 0.3) is 0 Å². The third-order valence-corrected chi connectivity index (χ3v) is 3.17. The van der Waals surface area contributed by atoms with Crippen LogP contribution in [0.5, 0.6) is 5.75 Å². The summed E-state index contributed by atoms with van der Waals surface area (Å²) < 4.78 is 18.4. The molecule has 0 aliphatic carbocycles. The van der Waals surface area contributed by atoms with Gasteiger partial charge < -0.3 is 14.7 Å². The number of carbonyl (C=O) groups is 2. The molecule has 0 heterocycles. The zero-order chi connectivity index (χ0) is 15.8. The normalized spacial score (nSPS) is 10.2. The highest BCUT2D eigenvalue weighted by Crippen LogP contribution is 2.18. The summed E-state index contributed by atoms with van der Waals surface area (Å²) in [6, 6.07) is 4.58. The van der Waals surface area contributed by atoms with E-state index >= 15 is 0 Å². The number of carboxylic acid groups (broad SMARTS) is 1. The summed E-state index contributed by atoms with van der Waals surface area (Å²) in [6.07, 6.45) is 0.555. The Morgan fingerprint density at radius 2 is 2.05 bits per heavy atom. The summed E-state index contributed by atoms with van der Waals surface area (Å²) in [4.78, 5) is 24.0. The summed E-state index contributed by atoms with van der Waals surface area (Å²) in [5.74, 6) is -1.35. The third-order valence-electron chi connectivity index (χ3n) is 3.17. The van der Waals surface area contributed by atoms with Crippen molar-refractivity contribution in [3.63, 3.8) is 0 Å². The molecule has 0 aliphatic heterocycles. The minimum absolute atomic E-state index is 0.0727. The zero-order valence-electron chi connectivity index (χ0n) is 12.3. The van der Waals surface area contributed by atoms with Crippen LogP contribution in [-0.4, -0.2) is 42.1 Å². The van der Waals surface area contributed by atoms with Crippen LogP contribution >= 0.6 is 0 Å². The molecule has 0 aliphatic rings. The molecule has 1 rings (SSSR count). The first kappa shape index (κ1) is 16.9. The predicted molar refractivity (Wildman–Crippen MR) is 75.8 cm³/mol. The van der Waals surface area contributed by atoms with Crippen molar-refractivity contribution in [3.8, 4) is 5.75 Å². The maximum absolute atomic E-state index is 13.5. The summed E-state index contributed by atoms with van der Waals surface area (Å²) in [5, 5.41) is 8.64. The number of rotatable bonds is 8. The van der Waals surface area contributed by atoms with Gasteiger partial charge in [-0.15, -0.1) is 0 Å². The second kappa shape index (κ2) is 8.24. The van der Waals surface area contributed by atoms with Gasteiger partial charge in [0.1, 0.15) is 0 Å². The van der Waals surface area contributed by atoms with Crippen LogP contribution in [0.4, 0.5) is 4.39 Å². The van der Waals surface area contributed by atoms with Gasteiger partial charge in [0.2, 0.25) is 5.91 Å². The summed E-state index contributed by atoms with van der Waals surface area (Å²) in [5.41, 5.74) is 0.705. The second-order valence-corrected chi connectivity index (χ2v) is 4.59. The van der Waals surface area contributed by atoms with Crippen LogP contribution in [0, 0.1) is 5.82 Å². The summed E-state index contributed by atoms with van der Waals surface area (Å²) >= 11 is 0. The van der Waals surface area contributed by atoms with Crippen molar-refractivity contribution in [2.75, 3.05) is 20.2 Å². The fourth-order valence-corrected chi connectivity index (χ4v) is 1.96. The molecule has 1 aromatic rings. The van der Waals surface area contributed by atoms with Gasteiger partial charge in [-0.1, -0.05) is 6.07 Å². The number of aryl methyl sites for hydroxylation is 1. The minimum Gasteiger partial charge on any atom is -0.494 e. The average molecular weight is 297 g/mol. The molecule has 0 atom stereocenters. The van der Waals surface area contributed by atoms with E-state index in [1.165, 1.54) is 24.1 Å². The number of benzene rings is 1. The van der Waals surface area contributed by atoms with Crippen molar-refractivity contribution in [3.05, 3.63) is 29.6 Å². The van der Waals surface area contributed by atoms with Crippen LogP contribution in [0.15, 0.2) is 18.2 Å². The Balaban J connectivity index is 2.54. The van der Waals surface area contributed by atoms with Crippen LogP contribution in [0.2, 0.25) is 0 Å². The van der Waals surface area contributed by atoms with Crippen molar-refractivity contribution < 1.29 is 23.8 Å². The molecular weight excluding hydrogens is 277 g/mol. The molecule has 0 saturated heterocycles. The highest BCUT2D eigenvalue weighted by Gasteiger charge is 2.13. The number of methoxy groups -OCH3 is 1. The molecule has 1 N–H and O–H groups in total. The topological polar surface area (TPSA) is 66.8 Å². The minimum atomic E-state index is -0.932. The smallest absolute Gasteiger partial charge is 0.305 e. The maximum Gasteiger partial charge on any atom is 0.305 e. The monoisotopic (exact) mass is 297 g/mol. The van der Waals surface area contributed by atoms with Crippen molar-refractivity contribution >= 4 is 11.9 Å². The van der Waals surface area contributed by atoms with E-state index in [9.17, 15) is 14.0 Å². The van der Waals surface area contributed by atoms with Crippen LogP contribution in [-0.2, 0) is 16.0 Å². The molecule has 0 fully saturated rings. The van der Waals surface area contributed by atoms with E-state index in [0.29, 0.717) is 18.5 Å². The number of amides is 1. The standard InChI is InChI=1S/C15H20FNO4/c1-3-17(9-8-15(19)20)14(18)7-5-11-4-6-13(21-2)12(16)10-11/h4,6,10H,3,5,7-9H2,1-2H3,(H,19,20). The summed E-state index contributed by atoms with van der Waals surface area (Å²) in [7, 11) is 1.39. The number of halogens is 1. The van der Waals surface area contributed by atoms with Crippen LogP contribution in [0.1, 0.15) is 25.3 Å². The van der Waals surface area contributed by atoms with Crippen molar-refractivity contribution in [1.82, 2.24) is 4.90 Å². The molecule has 0 aromatic heterocycles.